The molecule has 94 valence electrons. The molecule has 2 N–H and O–H groups in total. The van der Waals surface area contributed by atoms with Crippen LogP contribution in [0.3, 0.4) is 0 Å². The predicted molar refractivity (Wildman–Crippen MR) is 63.7 cm³/mol. The van der Waals surface area contributed by atoms with E-state index in [9.17, 15) is 4.79 Å². The first-order valence-corrected chi connectivity index (χ1v) is 5.12. The summed E-state index contributed by atoms with van der Waals surface area (Å²) in [7, 11) is 1.49. The summed E-state index contributed by atoms with van der Waals surface area (Å²) in [6, 6.07) is 4.93. The molecule has 0 aliphatic rings. The van der Waals surface area contributed by atoms with Crippen molar-refractivity contribution < 1.29 is 14.3 Å². The van der Waals surface area contributed by atoms with Crippen molar-refractivity contribution in [1.82, 2.24) is 4.98 Å². The molecule has 1 aromatic heterocycles. The summed E-state index contributed by atoms with van der Waals surface area (Å²) in [4.78, 5) is 15.7. The fourth-order valence-corrected chi connectivity index (χ4v) is 1.06. The number of hydrazine groups is 1. The van der Waals surface area contributed by atoms with Gasteiger partial charge in [-0.2, -0.15) is 9.99 Å². The summed E-state index contributed by atoms with van der Waals surface area (Å²) in [5.74, 6) is 6.25. The number of hydrogen-bond acceptors (Lipinski definition) is 5. The lowest BCUT2D eigenvalue weighted by atomic mass is 10.2. The molecule has 0 atom stereocenters. The molecule has 0 fully saturated rings. The van der Waals surface area contributed by atoms with E-state index in [1.54, 1.807) is 39.0 Å². The Morgan fingerprint density at radius 3 is 2.59 bits per heavy atom. The van der Waals surface area contributed by atoms with Gasteiger partial charge in [0, 0.05) is 6.07 Å². The lowest BCUT2D eigenvalue weighted by Crippen LogP contribution is -2.42. The second-order valence-electron chi connectivity index (χ2n) is 4.39. The number of amides is 1. The zero-order valence-corrected chi connectivity index (χ0v) is 10.4. The van der Waals surface area contributed by atoms with Gasteiger partial charge in [0.15, 0.2) is 5.82 Å². The van der Waals surface area contributed by atoms with Crippen LogP contribution in [0.25, 0.3) is 0 Å². The van der Waals surface area contributed by atoms with Crippen molar-refractivity contribution in [3.05, 3.63) is 18.2 Å². The minimum atomic E-state index is -0.668. The third-order valence-corrected chi connectivity index (χ3v) is 1.75. The van der Waals surface area contributed by atoms with Crippen LogP contribution < -0.4 is 15.6 Å². The third-order valence-electron chi connectivity index (χ3n) is 1.75. The van der Waals surface area contributed by atoms with Crippen LogP contribution in [0, 0.1) is 0 Å². The number of nitrogens with zero attached hydrogens (tertiary/aromatic N) is 2. The number of carbonyl (C=O) groups is 1. The maximum Gasteiger partial charge on any atom is 0.430 e. The molecule has 0 radical (unpaired) electrons. The highest BCUT2D eigenvalue weighted by Gasteiger charge is 2.22. The highest BCUT2D eigenvalue weighted by atomic mass is 16.6. The van der Waals surface area contributed by atoms with Gasteiger partial charge in [0.05, 0.1) is 7.11 Å². The Morgan fingerprint density at radius 1 is 1.41 bits per heavy atom. The van der Waals surface area contributed by atoms with Gasteiger partial charge >= 0.3 is 6.09 Å². The number of rotatable bonds is 2. The summed E-state index contributed by atoms with van der Waals surface area (Å²) >= 11 is 0. The Balaban J connectivity index is 2.81. The first-order valence-electron chi connectivity index (χ1n) is 5.12. The molecule has 0 aliphatic heterocycles. The van der Waals surface area contributed by atoms with Gasteiger partial charge in [-0.1, -0.05) is 6.07 Å². The molecule has 0 saturated heterocycles. The van der Waals surface area contributed by atoms with Crippen LogP contribution in [0.1, 0.15) is 20.8 Å². The number of pyridine rings is 1. The normalized spacial score (nSPS) is 10.9. The second-order valence-corrected chi connectivity index (χ2v) is 4.39. The summed E-state index contributed by atoms with van der Waals surface area (Å²) < 4.78 is 10.0. The Morgan fingerprint density at radius 2 is 2.06 bits per heavy atom. The number of ether oxygens (including phenoxy) is 2. The van der Waals surface area contributed by atoms with Crippen LogP contribution in [-0.2, 0) is 4.74 Å². The summed E-state index contributed by atoms with van der Waals surface area (Å²) in [5, 5.41) is 0.841. The largest absolute Gasteiger partial charge is 0.481 e. The zero-order valence-electron chi connectivity index (χ0n) is 10.4. The molecule has 17 heavy (non-hydrogen) atoms. The number of hydrogen-bond donors (Lipinski definition) is 1. The quantitative estimate of drug-likeness (QED) is 0.483. The Bertz CT molecular complexity index is 401. The van der Waals surface area contributed by atoms with E-state index in [0.717, 1.165) is 5.01 Å². The molecule has 1 rings (SSSR count). The zero-order chi connectivity index (χ0) is 13.1. The average Bonchev–Trinajstić information content (AvgIpc) is 2.26. The number of aromatic nitrogens is 1. The SMILES string of the molecule is COc1cccc(N(N)C(=O)OC(C)(C)C)n1. The standard InChI is InChI=1S/C11H17N3O3/c1-11(2,3)17-10(15)14(12)8-6-5-7-9(13-8)16-4/h5-7H,12H2,1-4H3. The minimum Gasteiger partial charge on any atom is -0.481 e. The van der Waals surface area contributed by atoms with Crippen molar-refractivity contribution >= 4 is 11.9 Å². The smallest absolute Gasteiger partial charge is 0.430 e. The fraction of sp³-hybridized carbons (Fsp3) is 0.455. The van der Waals surface area contributed by atoms with Crippen molar-refractivity contribution in [2.45, 2.75) is 26.4 Å². The Kier molecular flexibility index (Phi) is 3.90. The number of nitrogens with two attached hydrogens (primary N) is 1. The van der Waals surface area contributed by atoms with Gasteiger partial charge in [-0.25, -0.2) is 10.6 Å². The van der Waals surface area contributed by atoms with E-state index >= 15 is 0 Å². The lowest BCUT2D eigenvalue weighted by molar-refractivity contribution is 0.0579. The van der Waals surface area contributed by atoms with Gasteiger partial charge in [-0.15, -0.1) is 0 Å². The first kappa shape index (κ1) is 13.2. The van der Waals surface area contributed by atoms with Crippen LogP contribution >= 0.6 is 0 Å². The summed E-state index contributed by atoms with van der Waals surface area (Å²) in [5.41, 5.74) is -0.604. The monoisotopic (exact) mass is 239 g/mol. The molecule has 0 aromatic carbocycles. The van der Waals surface area contributed by atoms with E-state index in [-0.39, 0.29) is 5.82 Å². The maximum atomic E-state index is 11.7. The lowest BCUT2D eigenvalue weighted by Gasteiger charge is -2.23. The fourth-order valence-electron chi connectivity index (χ4n) is 1.06. The van der Waals surface area contributed by atoms with Crippen LogP contribution in [0.15, 0.2) is 18.2 Å². The highest BCUT2D eigenvalue weighted by Crippen LogP contribution is 2.16. The molecule has 0 aliphatic carbocycles. The van der Waals surface area contributed by atoms with Crippen LogP contribution in [0.4, 0.5) is 10.6 Å². The van der Waals surface area contributed by atoms with Gasteiger partial charge in [-0.3, -0.25) is 0 Å². The predicted octanol–water partition coefficient (Wildman–Crippen LogP) is 1.71. The summed E-state index contributed by atoms with van der Waals surface area (Å²) in [6.45, 7) is 5.28. The van der Waals surface area contributed by atoms with Crippen LogP contribution in [0.5, 0.6) is 5.88 Å². The number of methoxy groups -OCH3 is 1. The third kappa shape index (κ3) is 3.92. The molecular weight excluding hydrogens is 222 g/mol. The number of anilines is 1. The van der Waals surface area contributed by atoms with Gasteiger partial charge in [0.25, 0.3) is 0 Å². The van der Waals surface area contributed by atoms with Crippen LogP contribution in [-0.4, -0.2) is 23.8 Å². The molecule has 1 aromatic rings. The van der Waals surface area contributed by atoms with Gasteiger partial charge in [0.2, 0.25) is 5.88 Å². The highest BCUT2D eigenvalue weighted by molar-refractivity contribution is 5.85. The molecule has 6 nitrogen and oxygen atoms in total. The molecule has 6 heteroatoms. The molecule has 0 unspecified atom stereocenters. The van der Waals surface area contributed by atoms with E-state index in [1.807, 2.05) is 0 Å². The maximum absolute atomic E-state index is 11.7. The van der Waals surface area contributed by atoms with Crippen molar-refractivity contribution in [1.29, 1.82) is 0 Å². The minimum absolute atomic E-state index is 0.263. The van der Waals surface area contributed by atoms with E-state index in [0.29, 0.717) is 5.88 Å². The first-order chi connectivity index (χ1) is 7.83. The van der Waals surface area contributed by atoms with Gasteiger partial charge < -0.3 is 9.47 Å². The molecule has 1 heterocycles. The molecule has 0 bridgehead atoms. The van der Waals surface area contributed by atoms with Gasteiger partial charge in [-0.05, 0) is 26.8 Å². The topological polar surface area (TPSA) is 77.7 Å². The Labute approximate surface area is 100 Å². The molecule has 0 spiro atoms. The molecule has 0 saturated carbocycles. The van der Waals surface area contributed by atoms with Crippen molar-refractivity contribution in [3.8, 4) is 5.88 Å². The second kappa shape index (κ2) is 5.01. The van der Waals surface area contributed by atoms with Crippen LogP contribution in [0.2, 0.25) is 0 Å². The van der Waals surface area contributed by atoms with E-state index in [2.05, 4.69) is 4.98 Å². The molecular formula is C11H17N3O3. The van der Waals surface area contributed by atoms with Gasteiger partial charge in [0.1, 0.15) is 5.60 Å². The van der Waals surface area contributed by atoms with Crippen molar-refractivity contribution in [2.24, 2.45) is 5.84 Å². The summed E-state index contributed by atoms with van der Waals surface area (Å²) in [6.07, 6.45) is -0.668. The van der Waals surface area contributed by atoms with E-state index in [1.165, 1.54) is 7.11 Å². The molecule has 1 amide bonds. The van der Waals surface area contributed by atoms with Crippen molar-refractivity contribution in [3.63, 3.8) is 0 Å². The van der Waals surface area contributed by atoms with Crippen molar-refractivity contribution in [2.75, 3.05) is 12.1 Å². The number of carbonyl (C=O) groups excluding carboxylic acids is 1. The van der Waals surface area contributed by atoms with E-state index in [4.69, 9.17) is 15.3 Å². The average molecular weight is 239 g/mol. The van der Waals surface area contributed by atoms with E-state index < -0.39 is 11.7 Å². The Hall–Kier alpha value is -1.82.